The Morgan fingerprint density at radius 1 is 1.05 bits per heavy atom. The van der Waals surface area contributed by atoms with E-state index in [1.165, 1.54) is 0 Å². The maximum Gasteiger partial charge on any atom is 0.411 e. The van der Waals surface area contributed by atoms with Gasteiger partial charge in [0.05, 0.1) is 6.54 Å². The van der Waals surface area contributed by atoms with Crippen LogP contribution < -0.4 is 0 Å². The summed E-state index contributed by atoms with van der Waals surface area (Å²) >= 11 is 0. The number of hydrogen-bond donors (Lipinski definition) is 0. The molecule has 19 heavy (non-hydrogen) atoms. The molecule has 0 spiro atoms. The lowest BCUT2D eigenvalue weighted by atomic mass is 10.0. The lowest BCUT2D eigenvalue weighted by Crippen LogP contribution is -2.64. The number of nitrogens with zero attached hydrogens (tertiary/aromatic N) is 1. The summed E-state index contributed by atoms with van der Waals surface area (Å²) in [5, 5.41) is 0. The molecule has 0 aliphatic carbocycles. The van der Waals surface area contributed by atoms with E-state index >= 15 is 0 Å². The minimum Gasteiger partial charge on any atom is -0.458 e. The van der Waals surface area contributed by atoms with Crippen LogP contribution in [0.5, 0.6) is 0 Å². The van der Waals surface area contributed by atoms with E-state index in [9.17, 15) is 14.4 Å². The lowest BCUT2D eigenvalue weighted by Gasteiger charge is -2.39. The Balaban J connectivity index is 2.70. The number of esters is 1. The molecule has 1 unspecified atom stereocenters. The summed E-state index contributed by atoms with van der Waals surface area (Å²) in [5.41, 5.74) is -1.37. The first-order valence-corrected chi connectivity index (χ1v) is 6.16. The van der Waals surface area contributed by atoms with Gasteiger partial charge in [0.1, 0.15) is 11.2 Å². The van der Waals surface area contributed by atoms with Crippen molar-refractivity contribution < 1.29 is 23.9 Å². The summed E-state index contributed by atoms with van der Waals surface area (Å²) in [6.07, 6.45) is -0.678. The quantitative estimate of drug-likeness (QED) is 0.534. The van der Waals surface area contributed by atoms with Crippen molar-refractivity contribution in [2.75, 3.05) is 6.54 Å². The second kappa shape index (κ2) is 4.83. The van der Waals surface area contributed by atoms with Crippen LogP contribution in [0.2, 0.25) is 0 Å². The second-order valence-electron chi connectivity index (χ2n) is 6.51. The first-order chi connectivity index (χ1) is 8.41. The summed E-state index contributed by atoms with van der Waals surface area (Å²) in [5.74, 6) is -1.05. The third kappa shape index (κ3) is 4.22. The first-order valence-electron chi connectivity index (χ1n) is 6.16. The Morgan fingerprint density at radius 3 is 1.89 bits per heavy atom. The summed E-state index contributed by atoms with van der Waals surface area (Å²) in [7, 11) is 0. The molecule has 0 aromatic carbocycles. The summed E-state index contributed by atoms with van der Waals surface area (Å²) < 4.78 is 10.2. The number of likely N-dealkylation sites (tertiary alicyclic amines) is 1. The highest BCUT2D eigenvalue weighted by Gasteiger charge is 2.49. The van der Waals surface area contributed by atoms with Gasteiger partial charge in [0.2, 0.25) is 0 Å². The van der Waals surface area contributed by atoms with E-state index < -0.39 is 29.3 Å². The molecule has 1 atom stereocenters. The second-order valence-corrected chi connectivity index (χ2v) is 6.51. The van der Waals surface area contributed by atoms with Crippen LogP contribution in [0.3, 0.4) is 0 Å². The number of ether oxygens (including phenoxy) is 2. The van der Waals surface area contributed by atoms with Crippen LogP contribution in [0.25, 0.3) is 0 Å². The normalized spacial score (nSPS) is 19.8. The Kier molecular flexibility index (Phi) is 3.93. The molecule has 0 aromatic rings. The van der Waals surface area contributed by atoms with E-state index in [4.69, 9.17) is 9.47 Å². The van der Waals surface area contributed by atoms with Crippen LogP contribution >= 0.6 is 0 Å². The van der Waals surface area contributed by atoms with Crippen molar-refractivity contribution in [3.8, 4) is 0 Å². The van der Waals surface area contributed by atoms with Crippen LogP contribution in [-0.2, 0) is 19.1 Å². The van der Waals surface area contributed by atoms with Gasteiger partial charge in [-0.15, -0.1) is 0 Å². The summed E-state index contributed by atoms with van der Waals surface area (Å²) in [6, 6.07) is -1.17. The monoisotopic (exact) mass is 271 g/mol. The fourth-order valence-electron chi connectivity index (χ4n) is 1.51. The van der Waals surface area contributed by atoms with Gasteiger partial charge in [0, 0.05) is 0 Å². The van der Waals surface area contributed by atoms with Gasteiger partial charge in [-0.1, -0.05) is 0 Å². The molecule has 0 N–H and O–H groups in total. The Hall–Kier alpha value is -1.59. The van der Waals surface area contributed by atoms with Crippen LogP contribution in [0.4, 0.5) is 4.79 Å². The van der Waals surface area contributed by atoms with E-state index in [0.717, 1.165) is 4.90 Å². The van der Waals surface area contributed by atoms with Gasteiger partial charge in [-0.25, -0.2) is 9.59 Å². The molecule has 0 saturated carbocycles. The zero-order valence-electron chi connectivity index (χ0n) is 12.3. The molecule has 1 heterocycles. The average molecular weight is 271 g/mol. The molecule has 0 bridgehead atoms. The molecule has 0 radical (unpaired) electrons. The number of Topliss-reactive ketones (excluding diaryl/α,β-unsaturated/α-hetero) is 1. The Labute approximate surface area is 113 Å². The van der Waals surface area contributed by atoms with E-state index in [-0.39, 0.29) is 12.3 Å². The highest BCUT2D eigenvalue weighted by molar-refractivity contribution is 6.12. The van der Waals surface area contributed by atoms with E-state index in [0.29, 0.717) is 0 Å². The standard InChI is InChI=1S/C13H21NO5/c1-12(2,3)18-10(16)9-8(15)7-14(9)11(17)19-13(4,5)6/h9H,7H2,1-6H3. The molecule has 1 saturated heterocycles. The third-order valence-corrected chi connectivity index (χ3v) is 2.20. The van der Waals surface area contributed by atoms with Gasteiger partial charge < -0.3 is 9.47 Å². The SMILES string of the molecule is CC(C)(C)OC(=O)C1C(=O)CN1C(=O)OC(C)(C)C. The van der Waals surface area contributed by atoms with Gasteiger partial charge in [-0.2, -0.15) is 0 Å². The van der Waals surface area contributed by atoms with Crippen LogP contribution in [0.1, 0.15) is 41.5 Å². The zero-order valence-corrected chi connectivity index (χ0v) is 12.3. The average Bonchev–Trinajstić information content (AvgIpc) is 2.06. The van der Waals surface area contributed by atoms with Crippen molar-refractivity contribution in [3.05, 3.63) is 0 Å². The van der Waals surface area contributed by atoms with Gasteiger partial charge in [0.15, 0.2) is 11.8 Å². The molecule has 1 aliphatic heterocycles. The minimum absolute atomic E-state index is 0.112. The number of carbonyl (C=O) groups excluding carboxylic acids is 3. The first kappa shape index (κ1) is 15.5. The molecule has 1 amide bonds. The largest absolute Gasteiger partial charge is 0.458 e. The predicted octanol–water partition coefficient (Wildman–Crippen LogP) is 1.52. The fourth-order valence-corrected chi connectivity index (χ4v) is 1.51. The summed E-state index contributed by atoms with van der Waals surface area (Å²) in [4.78, 5) is 36.2. The zero-order chi connectivity index (χ0) is 15.0. The molecule has 6 nitrogen and oxygen atoms in total. The van der Waals surface area contributed by atoms with Crippen molar-refractivity contribution in [2.45, 2.75) is 58.8 Å². The van der Waals surface area contributed by atoms with Crippen molar-refractivity contribution in [1.29, 1.82) is 0 Å². The molecule has 1 rings (SSSR count). The highest BCUT2D eigenvalue weighted by Crippen LogP contribution is 2.21. The Morgan fingerprint density at radius 2 is 1.53 bits per heavy atom. The molecular weight excluding hydrogens is 250 g/mol. The highest BCUT2D eigenvalue weighted by atomic mass is 16.6. The van der Waals surface area contributed by atoms with Gasteiger partial charge in [0.25, 0.3) is 0 Å². The molecule has 1 fully saturated rings. The molecule has 0 aromatic heterocycles. The van der Waals surface area contributed by atoms with E-state index in [1.54, 1.807) is 41.5 Å². The van der Waals surface area contributed by atoms with Crippen LogP contribution in [0, 0.1) is 0 Å². The number of hydrogen-bond acceptors (Lipinski definition) is 5. The maximum atomic E-state index is 11.8. The number of ketones is 1. The number of carbonyl (C=O) groups is 3. The van der Waals surface area contributed by atoms with Crippen LogP contribution in [-0.4, -0.2) is 46.5 Å². The molecule has 6 heteroatoms. The predicted molar refractivity (Wildman–Crippen MR) is 67.6 cm³/mol. The van der Waals surface area contributed by atoms with Gasteiger partial charge >= 0.3 is 12.1 Å². The van der Waals surface area contributed by atoms with Crippen molar-refractivity contribution >= 4 is 17.8 Å². The van der Waals surface area contributed by atoms with E-state index in [1.807, 2.05) is 0 Å². The number of rotatable bonds is 1. The smallest absolute Gasteiger partial charge is 0.411 e. The Bertz CT molecular complexity index is 402. The number of amides is 1. The van der Waals surface area contributed by atoms with Gasteiger partial charge in [-0.3, -0.25) is 9.69 Å². The minimum atomic E-state index is -1.17. The van der Waals surface area contributed by atoms with Gasteiger partial charge in [-0.05, 0) is 41.5 Å². The summed E-state index contributed by atoms with van der Waals surface area (Å²) in [6.45, 7) is 10.1. The van der Waals surface area contributed by atoms with Crippen molar-refractivity contribution in [1.82, 2.24) is 4.90 Å². The van der Waals surface area contributed by atoms with Crippen molar-refractivity contribution in [3.63, 3.8) is 0 Å². The molecule has 108 valence electrons. The fraction of sp³-hybridized carbons (Fsp3) is 0.769. The molecule has 1 aliphatic rings. The van der Waals surface area contributed by atoms with Crippen molar-refractivity contribution in [2.24, 2.45) is 0 Å². The van der Waals surface area contributed by atoms with E-state index in [2.05, 4.69) is 0 Å². The third-order valence-electron chi connectivity index (χ3n) is 2.20. The topological polar surface area (TPSA) is 72.9 Å². The van der Waals surface area contributed by atoms with Crippen LogP contribution in [0.15, 0.2) is 0 Å². The molecular formula is C13H21NO5. The lowest BCUT2D eigenvalue weighted by molar-refractivity contribution is -0.169. The maximum absolute atomic E-state index is 11.8.